The highest BCUT2D eigenvalue weighted by molar-refractivity contribution is 7.55. The Labute approximate surface area is 67.6 Å². The SMILES string of the molecule is CCN(C)C.CCP(C)C. The topological polar surface area (TPSA) is 3.24 Å². The van der Waals surface area contributed by atoms with Gasteiger partial charge in [-0.1, -0.05) is 13.8 Å². The van der Waals surface area contributed by atoms with Gasteiger partial charge in [-0.15, -0.1) is 7.92 Å². The van der Waals surface area contributed by atoms with Gasteiger partial charge < -0.3 is 4.90 Å². The zero-order chi connectivity index (χ0) is 8.57. The molecule has 1 nitrogen and oxygen atoms in total. The predicted octanol–water partition coefficient (Wildman–Crippen LogP) is 2.32. The van der Waals surface area contributed by atoms with Crippen LogP contribution in [0.2, 0.25) is 0 Å². The van der Waals surface area contributed by atoms with Crippen LogP contribution in [0.15, 0.2) is 0 Å². The van der Waals surface area contributed by atoms with E-state index in [4.69, 9.17) is 0 Å². The number of rotatable bonds is 2. The minimum Gasteiger partial charge on any atom is -0.310 e. The summed E-state index contributed by atoms with van der Waals surface area (Å²) in [5, 5.41) is 0. The summed E-state index contributed by atoms with van der Waals surface area (Å²) in [5.74, 6) is 0. The third-order valence-electron chi connectivity index (χ3n) is 1.26. The molecule has 10 heavy (non-hydrogen) atoms. The van der Waals surface area contributed by atoms with Gasteiger partial charge in [0.15, 0.2) is 0 Å². The summed E-state index contributed by atoms with van der Waals surface area (Å²) >= 11 is 0. The largest absolute Gasteiger partial charge is 0.310 e. The van der Waals surface area contributed by atoms with Crippen LogP contribution in [-0.2, 0) is 0 Å². The van der Waals surface area contributed by atoms with Gasteiger partial charge in [0.25, 0.3) is 0 Å². The molecule has 0 saturated heterocycles. The van der Waals surface area contributed by atoms with E-state index in [-0.39, 0.29) is 0 Å². The van der Waals surface area contributed by atoms with Crippen molar-refractivity contribution in [1.82, 2.24) is 4.90 Å². The molecular weight excluding hydrogens is 141 g/mol. The maximum Gasteiger partial charge on any atom is -0.00533 e. The van der Waals surface area contributed by atoms with E-state index < -0.39 is 0 Å². The third-order valence-corrected chi connectivity index (χ3v) is 2.53. The van der Waals surface area contributed by atoms with Crippen LogP contribution in [0.3, 0.4) is 0 Å². The van der Waals surface area contributed by atoms with Crippen molar-refractivity contribution in [1.29, 1.82) is 0 Å². The molecule has 0 saturated carbocycles. The van der Waals surface area contributed by atoms with Crippen LogP contribution in [0.5, 0.6) is 0 Å². The van der Waals surface area contributed by atoms with E-state index in [1.165, 1.54) is 6.16 Å². The van der Waals surface area contributed by atoms with Gasteiger partial charge in [-0.2, -0.15) is 0 Å². The predicted molar refractivity (Wildman–Crippen MR) is 53.5 cm³/mol. The summed E-state index contributed by atoms with van der Waals surface area (Å²) in [6.45, 7) is 10.1. The summed E-state index contributed by atoms with van der Waals surface area (Å²) in [5.41, 5.74) is 0. The van der Waals surface area contributed by atoms with Crippen molar-refractivity contribution >= 4 is 7.92 Å². The van der Waals surface area contributed by atoms with Crippen LogP contribution in [0, 0.1) is 0 Å². The maximum atomic E-state index is 2.29. The van der Waals surface area contributed by atoms with Crippen LogP contribution >= 0.6 is 7.92 Å². The standard InChI is InChI=1S/C4H11N.C4H11P/c2*1-4-5(2)3/h2*4H2,1-3H3. The van der Waals surface area contributed by atoms with Crippen LogP contribution in [0.25, 0.3) is 0 Å². The van der Waals surface area contributed by atoms with Gasteiger partial charge in [-0.05, 0) is 40.1 Å². The highest BCUT2D eigenvalue weighted by Crippen LogP contribution is 2.21. The lowest BCUT2D eigenvalue weighted by atomic mass is 10.7. The first-order valence-corrected chi connectivity index (χ1v) is 6.26. The van der Waals surface area contributed by atoms with E-state index in [1.807, 2.05) is 0 Å². The summed E-state index contributed by atoms with van der Waals surface area (Å²) in [6, 6.07) is 0. The van der Waals surface area contributed by atoms with Gasteiger partial charge in [0.05, 0.1) is 0 Å². The van der Waals surface area contributed by atoms with Crippen LogP contribution in [-0.4, -0.2) is 45.0 Å². The summed E-state index contributed by atoms with van der Waals surface area (Å²) in [6.07, 6.45) is 1.37. The molecule has 0 aromatic carbocycles. The average Bonchev–Trinajstić information content (AvgIpc) is 1.89. The number of hydrogen-bond acceptors (Lipinski definition) is 1. The highest BCUT2D eigenvalue weighted by atomic mass is 31.1. The molecule has 0 bridgehead atoms. The molecule has 0 spiro atoms. The van der Waals surface area contributed by atoms with E-state index in [0.717, 1.165) is 6.54 Å². The van der Waals surface area contributed by atoms with Crippen molar-refractivity contribution in [2.75, 3.05) is 40.1 Å². The van der Waals surface area contributed by atoms with Crippen molar-refractivity contribution in [2.24, 2.45) is 0 Å². The minimum absolute atomic E-state index is 0.402. The molecule has 0 aliphatic carbocycles. The van der Waals surface area contributed by atoms with Gasteiger partial charge in [-0.3, -0.25) is 0 Å². The molecule has 0 N–H and O–H groups in total. The number of nitrogens with zero attached hydrogens (tertiary/aromatic N) is 1. The van der Waals surface area contributed by atoms with Crippen molar-refractivity contribution in [3.8, 4) is 0 Å². The van der Waals surface area contributed by atoms with Gasteiger partial charge in [0, 0.05) is 0 Å². The quantitative estimate of drug-likeness (QED) is 0.565. The normalized spacial score (nSPS) is 9.60. The smallest absolute Gasteiger partial charge is 0.00533 e. The van der Waals surface area contributed by atoms with Crippen molar-refractivity contribution in [3.05, 3.63) is 0 Å². The van der Waals surface area contributed by atoms with Crippen molar-refractivity contribution in [3.63, 3.8) is 0 Å². The lowest BCUT2D eigenvalue weighted by Gasteiger charge is -2.00. The lowest BCUT2D eigenvalue weighted by molar-refractivity contribution is 0.434. The molecule has 0 unspecified atom stereocenters. The van der Waals surface area contributed by atoms with E-state index in [0.29, 0.717) is 7.92 Å². The van der Waals surface area contributed by atoms with Crippen LogP contribution in [0.4, 0.5) is 0 Å². The van der Waals surface area contributed by atoms with E-state index in [9.17, 15) is 0 Å². The first kappa shape index (κ1) is 13.0. The molecule has 0 aromatic heterocycles. The molecule has 0 fully saturated rings. The average molecular weight is 163 g/mol. The molecule has 0 amide bonds. The Morgan fingerprint density at radius 3 is 1.30 bits per heavy atom. The third kappa shape index (κ3) is 23.8. The first-order valence-electron chi connectivity index (χ1n) is 3.84. The van der Waals surface area contributed by atoms with Gasteiger partial charge in [0.1, 0.15) is 0 Å². The Balaban J connectivity index is 0. The van der Waals surface area contributed by atoms with Crippen LogP contribution in [0.1, 0.15) is 13.8 Å². The summed E-state index contributed by atoms with van der Waals surface area (Å²) in [4.78, 5) is 2.12. The summed E-state index contributed by atoms with van der Waals surface area (Å²) in [7, 11) is 4.51. The Bertz CT molecular complexity index is 45.2. The zero-order valence-corrected chi connectivity index (χ0v) is 9.20. The zero-order valence-electron chi connectivity index (χ0n) is 8.31. The molecule has 0 rings (SSSR count). The van der Waals surface area contributed by atoms with Gasteiger partial charge in [-0.25, -0.2) is 0 Å². The Morgan fingerprint density at radius 1 is 1.10 bits per heavy atom. The maximum absolute atomic E-state index is 2.29. The van der Waals surface area contributed by atoms with Gasteiger partial charge in [0.2, 0.25) is 0 Å². The first-order chi connectivity index (χ1) is 4.54. The number of hydrogen-bond donors (Lipinski definition) is 0. The monoisotopic (exact) mass is 163 g/mol. The molecule has 0 heterocycles. The molecule has 0 aromatic rings. The summed E-state index contributed by atoms with van der Waals surface area (Å²) < 4.78 is 0. The fourth-order valence-corrected chi connectivity index (χ4v) is 0. The fourth-order valence-electron chi connectivity index (χ4n) is 0. The van der Waals surface area contributed by atoms with Crippen molar-refractivity contribution < 1.29 is 0 Å². The van der Waals surface area contributed by atoms with Crippen LogP contribution < -0.4 is 0 Å². The van der Waals surface area contributed by atoms with Crippen molar-refractivity contribution in [2.45, 2.75) is 13.8 Å². The Kier molecular flexibility index (Phi) is 12.2. The molecule has 0 radical (unpaired) electrons. The van der Waals surface area contributed by atoms with E-state index in [1.54, 1.807) is 0 Å². The molecule has 0 atom stereocenters. The molecule has 0 aliphatic rings. The van der Waals surface area contributed by atoms with Gasteiger partial charge >= 0.3 is 0 Å². The Hall–Kier alpha value is 0.390. The minimum atomic E-state index is 0.402. The molecule has 64 valence electrons. The van der Waals surface area contributed by atoms with E-state index >= 15 is 0 Å². The fraction of sp³-hybridized carbons (Fsp3) is 1.00. The second-order valence-corrected chi connectivity index (χ2v) is 5.58. The lowest BCUT2D eigenvalue weighted by Crippen LogP contribution is -2.08. The Morgan fingerprint density at radius 2 is 1.30 bits per heavy atom. The molecular formula is C8H22NP. The molecule has 0 aliphatic heterocycles. The second kappa shape index (κ2) is 9.39. The molecule has 2 heteroatoms. The second-order valence-electron chi connectivity index (χ2n) is 2.79. The highest BCUT2D eigenvalue weighted by Gasteiger charge is 1.78. The van der Waals surface area contributed by atoms with E-state index in [2.05, 4.69) is 46.2 Å².